The first kappa shape index (κ1) is 18.1. The maximum atomic E-state index is 12.5. The first-order chi connectivity index (χ1) is 12.3. The van der Waals surface area contributed by atoms with Gasteiger partial charge in [-0.25, -0.2) is 4.98 Å². The van der Waals surface area contributed by atoms with Gasteiger partial charge in [0.25, 0.3) is 0 Å². The number of rotatable bonds is 4. The molecule has 2 unspecified atom stereocenters. The van der Waals surface area contributed by atoms with Crippen LogP contribution in [-0.4, -0.2) is 20.7 Å². The smallest absolute Gasteiger partial charge is 0.228 e. The van der Waals surface area contributed by atoms with E-state index in [0.29, 0.717) is 5.82 Å². The number of anilines is 1. The highest BCUT2D eigenvalue weighted by atomic mass is 16.1. The van der Waals surface area contributed by atoms with Gasteiger partial charge >= 0.3 is 0 Å². The molecule has 26 heavy (non-hydrogen) atoms. The number of nitrogens with zero attached hydrogens (tertiary/aromatic N) is 3. The quantitative estimate of drug-likeness (QED) is 0.888. The predicted octanol–water partition coefficient (Wildman–Crippen LogP) is 4.41. The van der Waals surface area contributed by atoms with Gasteiger partial charge in [0.15, 0.2) is 0 Å². The number of hydrogen-bond donors (Lipinski definition) is 1. The van der Waals surface area contributed by atoms with E-state index in [1.807, 2.05) is 48.3 Å². The monoisotopic (exact) mass is 350 g/mol. The zero-order chi connectivity index (χ0) is 18.7. The van der Waals surface area contributed by atoms with Crippen LogP contribution in [0, 0.1) is 11.8 Å². The number of pyridine rings is 1. The van der Waals surface area contributed by atoms with Crippen molar-refractivity contribution in [3.63, 3.8) is 0 Å². The molecule has 1 aliphatic rings. The lowest BCUT2D eigenvalue weighted by Gasteiger charge is -2.20. The van der Waals surface area contributed by atoms with E-state index < -0.39 is 0 Å². The second kappa shape index (κ2) is 7.28. The SMILES string of the molecule is CC(C(=O)Nc1ccc(-c2cnn(C(C)(C)C)c2)cn1)C1C=CC=CC1. The zero-order valence-corrected chi connectivity index (χ0v) is 15.8. The van der Waals surface area contributed by atoms with Crippen molar-refractivity contribution < 1.29 is 4.79 Å². The summed E-state index contributed by atoms with van der Waals surface area (Å²) < 4.78 is 1.94. The molecule has 0 spiro atoms. The number of hydrogen-bond acceptors (Lipinski definition) is 3. The minimum Gasteiger partial charge on any atom is -0.310 e. The van der Waals surface area contributed by atoms with Crippen molar-refractivity contribution in [1.29, 1.82) is 0 Å². The molecule has 0 saturated heterocycles. The van der Waals surface area contributed by atoms with Crippen LogP contribution in [0.4, 0.5) is 5.82 Å². The van der Waals surface area contributed by atoms with Crippen LogP contribution in [0.2, 0.25) is 0 Å². The molecule has 0 bridgehead atoms. The summed E-state index contributed by atoms with van der Waals surface area (Å²) in [5, 5.41) is 7.34. The van der Waals surface area contributed by atoms with Crippen LogP contribution < -0.4 is 5.32 Å². The molecule has 0 aliphatic heterocycles. The van der Waals surface area contributed by atoms with Crippen LogP contribution in [0.5, 0.6) is 0 Å². The van der Waals surface area contributed by atoms with Crippen LogP contribution in [0.1, 0.15) is 34.1 Å². The molecule has 2 aromatic heterocycles. The van der Waals surface area contributed by atoms with Gasteiger partial charge in [-0.1, -0.05) is 31.2 Å². The average molecular weight is 350 g/mol. The fourth-order valence-electron chi connectivity index (χ4n) is 2.88. The fraction of sp³-hybridized carbons (Fsp3) is 0.381. The number of aromatic nitrogens is 3. The third-order valence-electron chi connectivity index (χ3n) is 4.69. The van der Waals surface area contributed by atoms with Crippen molar-refractivity contribution in [3.8, 4) is 11.1 Å². The van der Waals surface area contributed by atoms with E-state index in [0.717, 1.165) is 17.5 Å². The topological polar surface area (TPSA) is 59.8 Å². The standard InChI is InChI=1S/C21H26N4O/c1-15(16-8-6-5-7-9-16)20(26)24-19-11-10-17(12-22-19)18-13-23-25(14-18)21(2,3)4/h5-8,10-16H,9H2,1-4H3,(H,22,24,26). The number of carbonyl (C=O) groups is 1. The van der Waals surface area contributed by atoms with Crippen molar-refractivity contribution in [1.82, 2.24) is 14.8 Å². The zero-order valence-electron chi connectivity index (χ0n) is 15.8. The third kappa shape index (κ3) is 4.10. The van der Waals surface area contributed by atoms with Gasteiger partial charge in [0.1, 0.15) is 5.82 Å². The molecule has 0 saturated carbocycles. The second-order valence-corrected chi connectivity index (χ2v) is 7.77. The third-order valence-corrected chi connectivity index (χ3v) is 4.69. The van der Waals surface area contributed by atoms with Crippen molar-refractivity contribution in [3.05, 3.63) is 55.0 Å². The van der Waals surface area contributed by atoms with E-state index >= 15 is 0 Å². The highest BCUT2D eigenvalue weighted by Gasteiger charge is 2.22. The van der Waals surface area contributed by atoms with Crippen LogP contribution in [0.3, 0.4) is 0 Å². The lowest BCUT2D eigenvalue weighted by atomic mass is 9.88. The Morgan fingerprint density at radius 2 is 2.04 bits per heavy atom. The average Bonchev–Trinajstić information content (AvgIpc) is 3.13. The van der Waals surface area contributed by atoms with Gasteiger partial charge in [0.05, 0.1) is 11.7 Å². The highest BCUT2D eigenvalue weighted by Crippen LogP contribution is 2.24. The van der Waals surface area contributed by atoms with Crippen molar-refractivity contribution >= 4 is 11.7 Å². The number of amides is 1. The molecular weight excluding hydrogens is 324 g/mol. The normalized spacial score (nSPS) is 17.9. The number of carbonyl (C=O) groups excluding carboxylic acids is 1. The summed E-state index contributed by atoms with van der Waals surface area (Å²) in [7, 11) is 0. The minimum atomic E-state index is -0.0947. The second-order valence-electron chi connectivity index (χ2n) is 7.77. The van der Waals surface area contributed by atoms with Crippen molar-refractivity contribution in [2.24, 2.45) is 11.8 Å². The van der Waals surface area contributed by atoms with Gasteiger partial charge in [-0.2, -0.15) is 5.10 Å². The Hall–Kier alpha value is -2.69. The maximum absolute atomic E-state index is 12.5. The summed E-state index contributed by atoms with van der Waals surface area (Å²) in [5.74, 6) is 0.713. The molecular formula is C21H26N4O. The predicted molar refractivity (Wildman–Crippen MR) is 105 cm³/mol. The molecule has 0 fully saturated rings. The van der Waals surface area contributed by atoms with E-state index in [1.54, 1.807) is 6.20 Å². The molecule has 1 amide bonds. The van der Waals surface area contributed by atoms with E-state index in [-0.39, 0.29) is 23.3 Å². The van der Waals surface area contributed by atoms with Crippen molar-refractivity contribution in [2.75, 3.05) is 5.32 Å². The molecule has 136 valence electrons. The Kier molecular flexibility index (Phi) is 5.07. The molecule has 1 N–H and O–H groups in total. The highest BCUT2D eigenvalue weighted by molar-refractivity contribution is 5.92. The first-order valence-electron chi connectivity index (χ1n) is 9.00. The van der Waals surface area contributed by atoms with Gasteiger partial charge in [-0.3, -0.25) is 9.48 Å². The lowest BCUT2D eigenvalue weighted by Crippen LogP contribution is -2.26. The van der Waals surface area contributed by atoms with E-state index in [2.05, 4.69) is 48.3 Å². The van der Waals surface area contributed by atoms with E-state index in [9.17, 15) is 4.79 Å². The molecule has 2 atom stereocenters. The van der Waals surface area contributed by atoms with Crippen molar-refractivity contribution in [2.45, 2.75) is 39.7 Å². The summed E-state index contributed by atoms with van der Waals surface area (Å²) in [6, 6.07) is 3.80. The Bertz CT molecular complexity index is 824. The lowest BCUT2D eigenvalue weighted by molar-refractivity contribution is -0.120. The first-order valence-corrected chi connectivity index (χ1v) is 9.00. The summed E-state index contributed by atoms with van der Waals surface area (Å²) in [4.78, 5) is 16.9. The molecule has 2 aromatic rings. The summed E-state index contributed by atoms with van der Waals surface area (Å²) in [6.45, 7) is 8.29. The Morgan fingerprint density at radius 3 is 2.62 bits per heavy atom. The fourth-order valence-corrected chi connectivity index (χ4v) is 2.88. The Labute approximate surface area is 154 Å². The Morgan fingerprint density at radius 1 is 1.23 bits per heavy atom. The van der Waals surface area contributed by atoms with E-state index in [1.165, 1.54) is 0 Å². The van der Waals surface area contributed by atoms with Gasteiger partial charge < -0.3 is 5.32 Å². The molecule has 0 radical (unpaired) electrons. The largest absolute Gasteiger partial charge is 0.310 e. The summed E-state index contributed by atoms with van der Waals surface area (Å²) in [5.41, 5.74) is 1.93. The summed E-state index contributed by atoms with van der Waals surface area (Å²) >= 11 is 0. The minimum absolute atomic E-state index is 0.00393. The van der Waals surface area contributed by atoms with Crippen LogP contribution in [0.15, 0.2) is 55.0 Å². The van der Waals surface area contributed by atoms with Gasteiger partial charge in [0.2, 0.25) is 5.91 Å². The number of allylic oxidation sites excluding steroid dienone is 4. The molecule has 3 rings (SSSR count). The molecule has 5 nitrogen and oxygen atoms in total. The molecule has 0 aromatic carbocycles. The summed E-state index contributed by atoms with van der Waals surface area (Å²) in [6.07, 6.45) is 14.7. The van der Waals surface area contributed by atoms with Gasteiger partial charge in [0, 0.05) is 29.4 Å². The van der Waals surface area contributed by atoms with Crippen LogP contribution >= 0.6 is 0 Å². The van der Waals surface area contributed by atoms with E-state index in [4.69, 9.17) is 0 Å². The van der Waals surface area contributed by atoms with Crippen LogP contribution in [0.25, 0.3) is 11.1 Å². The van der Waals surface area contributed by atoms with Gasteiger partial charge in [-0.05, 0) is 45.2 Å². The molecule has 2 heterocycles. The van der Waals surface area contributed by atoms with Gasteiger partial charge in [-0.15, -0.1) is 0 Å². The maximum Gasteiger partial charge on any atom is 0.228 e. The molecule has 1 aliphatic carbocycles. The van der Waals surface area contributed by atoms with Crippen LogP contribution in [-0.2, 0) is 10.3 Å². The molecule has 5 heteroatoms. The number of nitrogens with one attached hydrogen (secondary N) is 1. The Balaban J connectivity index is 1.66.